The van der Waals surface area contributed by atoms with Crippen LogP contribution in [-0.4, -0.2) is 18.1 Å². The minimum Gasteiger partial charge on any atom is -0.312 e. The van der Waals surface area contributed by atoms with Crippen LogP contribution in [-0.2, 0) is 0 Å². The lowest BCUT2D eigenvalue weighted by atomic mass is 10.0. The van der Waals surface area contributed by atoms with Gasteiger partial charge in [0.15, 0.2) is 0 Å². The summed E-state index contributed by atoms with van der Waals surface area (Å²) < 4.78 is 13.4. The average Bonchev–Trinajstić information content (AvgIpc) is 2.87. The highest BCUT2D eigenvalue weighted by molar-refractivity contribution is 7.99. The Labute approximate surface area is 114 Å². The van der Waals surface area contributed by atoms with E-state index in [2.05, 4.69) is 12.2 Å². The van der Waals surface area contributed by atoms with Crippen LogP contribution in [0.5, 0.6) is 0 Å². The quantitative estimate of drug-likeness (QED) is 0.863. The number of rotatable bonds is 5. The summed E-state index contributed by atoms with van der Waals surface area (Å²) in [6.07, 6.45) is 5.45. The Kier molecular flexibility index (Phi) is 5.07. The Morgan fingerprint density at radius 3 is 2.78 bits per heavy atom. The lowest BCUT2D eigenvalue weighted by molar-refractivity contribution is 0.608. The normalized spacial score (nSPS) is 18.2. The molecular weight excluding hydrogens is 245 g/mol. The number of benzene rings is 1. The zero-order valence-electron chi connectivity index (χ0n) is 11.2. The number of hydrogen-bond acceptors (Lipinski definition) is 2. The fourth-order valence-electron chi connectivity index (χ4n) is 2.60. The Morgan fingerprint density at radius 2 is 2.11 bits per heavy atom. The molecule has 0 spiro atoms. The Hall–Kier alpha value is -0.540. The van der Waals surface area contributed by atoms with Crippen molar-refractivity contribution in [3.8, 4) is 0 Å². The SMILES string of the molecule is CNC(CSC1CCCC1)c1cc(F)ccc1C. The van der Waals surface area contributed by atoms with E-state index in [1.54, 1.807) is 6.07 Å². The van der Waals surface area contributed by atoms with Gasteiger partial charge in [-0.05, 0) is 50.1 Å². The van der Waals surface area contributed by atoms with Gasteiger partial charge in [0, 0.05) is 17.0 Å². The van der Waals surface area contributed by atoms with E-state index >= 15 is 0 Å². The molecule has 1 atom stereocenters. The molecule has 1 aliphatic rings. The maximum atomic E-state index is 13.4. The van der Waals surface area contributed by atoms with Gasteiger partial charge in [-0.15, -0.1) is 0 Å². The molecule has 1 saturated carbocycles. The summed E-state index contributed by atoms with van der Waals surface area (Å²) in [5, 5.41) is 4.14. The van der Waals surface area contributed by atoms with Gasteiger partial charge in [-0.3, -0.25) is 0 Å². The molecule has 1 nitrogen and oxygen atoms in total. The van der Waals surface area contributed by atoms with Gasteiger partial charge in [0.1, 0.15) is 5.82 Å². The van der Waals surface area contributed by atoms with Crippen molar-refractivity contribution in [1.82, 2.24) is 5.32 Å². The molecule has 1 fully saturated rings. The topological polar surface area (TPSA) is 12.0 Å². The van der Waals surface area contributed by atoms with Crippen LogP contribution < -0.4 is 5.32 Å². The second kappa shape index (κ2) is 6.58. The zero-order valence-corrected chi connectivity index (χ0v) is 12.0. The van der Waals surface area contributed by atoms with Crippen LogP contribution in [0.1, 0.15) is 42.9 Å². The second-order valence-corrected chi connectivity index (χ2v) is 6.42. The highest BCUT2D eigenvalue weighted by atomic mass is 32.2. The molecule has 0 saturated heterocycles. The first-order valence-electron chi connectivity index (χ1n) is 6.75. The first kappa shape index (κ1) is 13.9. The van der Waals surface area contributed by atoms with E-state index in [9.17, 15) is 4.39 Å². The van der Waals surface area contributed by atoms with Crippen molar-refractivity contribution in [2.75, 3.05) is 12.8 Å². The van der Waals surface area contributed by atoms with Crippen LogP contribution in [0.25, 0.3) is 0 Å². The monoisotopic (exact) mass is 267 g/mol. The summed E-state index contributed by atoms with van der Waals surface area (Å²) >= 11 is 2.04. The summed E-state index contributed by atoms with van der Waals surface area (Å²) in [5.74, 6) is 0.896. The number of aryl methyl sites for hydroxylation is 1. The minimum atomic E-state index is -0.137. The molecule has 0 amide bonds. The van der Waals surface area contributed by atoms with Crippen LogP contribution in [0.15, 0.2) is 18.2 Å². The molecule has 0 radical (unpaired) electrons. The van der Waals surface area contributed by atoms with Crippen molar-refractivity contribution >= 4 is 11.8 Å². The van der Waals surface area contributed by atoms with E-state index in [0.717, 1.165) is 16.6 Å². The van der Waals surface area contributed by atoms with Gasteiger partial charge in [-0.2, -0.15) is 11.8 Å². The molecule has 1 aromatic carbocycles. The summed E-state index contributed by atoms with van der Waals surface area (Å²) in [7, 11) is 1.96. The summed E-state index contributed by atoms with van der Waals surface area (Å²) in [5.41, 5.74) is 2.27. The number of nitrogens with one attached hydrogen (secondary N) is 1. The minimum absolute atomic E-state index is 0.137. The molecule has 18 heavy (non-hydrogen) atoms. The van der Waals surface area contributed by atoms with Gasteiger partial charge in [0.25, 0.3) is 0 Å². The highest BCUT2D eigenvalue weighted by Gasteiger charge is 2.19. The van der Waals surface area contributed by atoms with Crippen molar-refractivity contribution in [2.24, 2.45) is 0 Å². The average molecular weight is 267 g/mol. The summed E-state index contributed by atoms with van der Waals surface area (Å²) in [4.78, 5) is 0. The third-order valence-electron chi connectivity index (χ3n) is 3.77. The third kappa shape index (κ3) is 3.48. The van der Waals surface area contributed by atoms with Gasteiger partial charge in [-0.1, -0.05) is 18.9 Å². The van der Waals surface area contributed by atoms with Crippen molar-refractivity contribution < 1.29 is 4.39 Å². The van der Waals surface area contributed by atoms with Crippen LogP contribution in [0.4, 0.5) is 4.39 Å². The van der Waals surface area contributed by atoms with Crippen molar-refractivity contribution in [3.63, 3.8) is 0 Å². The third-order valence-corrected chi connectivity index (χ3v) is 5.23. The summed E-state index contributed by atoms with van der Waals surface area (Å²) in [6, 6.07) is 5.34. The van der Waals surface area contributed by atoms with Crippen molar-refractivity contribution in [2.45, 2.75) is 43.9 Å². The predicted octanol–water partition coefficient (Wildman–Crippen LogP) is 4.07. The van der Waals surface area contributed by atoms with Crippen LogP contribution in [0.3, 0.4) is 0 Å². The van der Waals surface area contributed by atoms with Gasteiger partial charge < -0.3 is 5.32 Å². The van der Waals surface area contributed by atoms with E-state index < -0.39 is 0 Å². The maximum Gasteiger partial charge on any atom is 0.123 e. The summed E-state index contributed by atoms with van der Waals surface area (Å²) in [6.45, 7) is 2.05. The molecule has 100 valence electrons. The molecule has 0 heterocycles. The lowest BCUT2D eigenvalue weighted by Crippen LogP contribution is -2.21. The molecule has 1 aliphatic carbocycles. The van der Waals surface area contributed by atoms with E-state index in [-0.39, 0.29) is 11.9 Å². The molecule has 0 aliphatic heterocycles. The zero-order chi connectivity index (χ0) is 13.0. The van der Waals surface area contributed by atoms with E-state index in [4.69, 9.17) is 0 Å². The number of thioether (sulfide) groups is 1. The van der Waals surface area contributed by atoms with Gasteiger partial charge in [0.05, 0.1) is 0 Å². The van der Waals surface area contributed by atoms with Crippen molar-refractivity contribution in [3.05, 3.63) is 35.1 Å². The Balaban J connectivity index is 2.00. The van der Waals surface area contributed by atoms with Gasteiger partial charge in [-0.25, -0.2) is 4.39 Å². The van der Waals surface area contributed by atoms with Crippen LogP contribution in [0, 0.1) is 12.7 Å². The molecule has 1 N–H and O–H groups in total. The lowest BCUT2D eigenvalue weighted by Gasteiger charge is -2.20. The van der Waals surface area contributed by atoms with Crippen LogP contribution >= 0.6 is 11.8 Å². The fourth-order valence-corrected chi connectivity index (χ4v) is 4.08. The molecule has 3 heteroatoms. The molecule has 1 unspecified atom stereocenters. The van der Waals surface area contributed by atoms with Gasteiger partial charge >= 0.3 is 0 Å². The number of halogens is 1. The molecule has 0 aromatic heterocycles. The first-order valence-corrected chi connectivity index (χ1v) is 7.80. The van der Waals surface area contributed by atoms with E-state index in [1.807, 2.05) is 24.9 Å². The fraction of sp³-hybridized carbons (Fsp3) is 0.600. The number of hydrogen-bond donors (Lipinski definition) is 1. The molecule has 2 rings (SSSR count). The predicted molar refractivity (Wildman–Crippen MR) is 77.7 cm³/mol. The largest absolute Gasteiger partial charge is 0.312 e. The maximum absolute atomic E-state index is 13.4. The Morgan fingerprint density at radius 1 is 1.39 bits per heavy atom. The van der Waals surface area contributed by atoms with E-state index in [0.29, 0.717) is 0 Å². The standard InChI is InChI=1S/C15H22FNS/c1-11-7-8-12(16)9-14(11)15(17-2)10-18-13-5-3-4-6-13/h7-9,13,15,17H,3-6,10H2,1-2H3. The molecule has 1 aromatic rings. The molecule has 0 bridgehead atoms. The Bertz CT molecular complexity index is 388. The second-order valence-electron chi connectivity index (χ2n) is 5.08. The van der Waals surface area contributed by atoms with E-state index in [1.165, 1.54) is 37.3 Å². The van der Waals surface area contributed by atoms with Crippen molar-refractivity contribution in [1.29, 1.82) is 0 Å². The smallest absolute Gasteiger partial charge is 0.123 e. The highest BCUT2D eigenvalue weighted by Crippen LogP contribution is 2.32. The van der Waals surface area contributed by atoms with Gasteiger partial charge in [0.2, 0.25) is 0 Å². The molecular formula is C15H22FNS. The van der Waals surface area contributed by atoms with Crippen LogP contribution in [0.2, 0.25) is 0 Å². The first-order chi connectivity index (χ1) is 8.70.